The highest BCUT2D eigenvalue weighted by Crippen LogP contribution is 2.22. The Hall–Kier alpha value is -1.39. The number of rotatable bonds is 3. The van der Waals surface area contributed by atoms with Crippen LogP contribution in [-0.4, -0.2) is 49.2 Å². The quantitative estimate of drug-likeness (QED) is 0.901. The molecule has 3 rings (SSSR count). The van der Waals surface area contributed by atoms with Crippen molar-refractivity contribution in [3.05, 3.63) is 35.9 Å². The lowest BCUT2D eigenvalue weighted by molar-refractivity contribution is -0.137. The highest BCUT2D eigenvalue weighted by Gasteiger charge is 2.33. The van der Waals surface area contributed by atoms with Gasteiger partial charge in [-0.15, -0.1) is 0 Å². The molecule has 2 aliphatic rings. The second-order valence-corrected chi connectivity index (χ2v) is 5.60. The molecule has 2 atom stereocenters. The van der Waals surface area contributed by atoms with E-state index in [2.05, 4.69) is 34.5 Å². The van der Waals surface area contributed by atoms with Crippen LogP contribution in [-0.2, 0) is 16.0 Å². The molecular weight excluding hydrogens is 252 g/mol. The van der Waals surface area contributed by atoms with Crippen molar-refractivity contribution >= 4 is 5.91 Å². The van der Waals surface area contributed by atoms with Gasteiger partial charge in [0.2, 0.25) is 5.91 Å². The van der Waals surface area contributed by atoms with Gasteiger partial charge in [0, 0.05) is 19.1 Å². The third kappa shape index (κ3) is 3.02. The number of nitrogens with zero attached hydrogens (tertiary/aromatic N) is 1. The Bertz CT molecular complexity index is 443. The first-order valence-electron chi connectivity index (χ1n) is 7.50. The minimum Gasteiger partial charge on any atom is -0.378 e. The summed E-state index contributed by atoms with van der Waals surface area (Å²) in [6.45, 7) is 2.87. The van der Waals surface area contributed by atoms with Gasteiger partial charge in [0.25, 0.3) is 0 Å². The number of amides is 1. The molecule has 108 valence electrons. The Kier molecular flexibility index (Phi) is 4.33. The summed E-state index contributed by atoms with van der Waals surface area (Å²) < 4.78 is 5.41. The standard InChI is InChI=1S/C16H22N2O2/c19-16(15-12-20-10-8-17-15)18-9-4-7-14(18)11-13-5-2-1-3-6-13/h1-3,5-6,14-15,17H,4,7-12H2. The van der Waals surface area contributed by atoms with E-state index in [1.807, 2.05) is 6.07 Å². The molecular formula is C16H22N2O2. The fraction of sp³-hybridized carbons (Fsp3) is 0.562. The summed E-state index contributed by atoms with van der Waals surface area (Å²) in [6.07, 6.45) is 3.17. The molecule has 2 heterocycles. The van der Waals surface area contributed by atoms with Crippen molar-refractivity contribution < 1.29 is 9.53 Å². The van der Waals surface area contributed by atoms with Crippen molar-refractivity contribution in [3.63, 3.8) is 0 Å². The molecule has 4 nitrogen and oxygen atoms in total. The zero-order chi connectivity index (χ0) is 13.8. The number of morpholine rings is 1. The molecule has 2 fully saturated rings. The number of nitrogens with one attached hydrogen (secondary N) is 1. The average molecular weight is 274 g/mol. The van der Waals surface area contributed by atoms with Crippen LogP contribution in [0.3, 0.4) is 0 Å². The number of carbonyl (C=O) groups excluding carboxylic acids is 1. The Morgan fingerprint density at radius 2 is 2.20 bits per heavy atom. The van der Waals surface area contributed by atoms with E-state index in [0.717, 1.165) is 32.4 Å². The van der Waals surface area contributed by atoms with Gasteiger partial charge >= 0.3 is 0 Å². The van der Waals surface area contributed by atoms with Crippen LogP contribution in [0.25, 0.3) is 0 Å². The van der Waals surface area contributed by atoms with E-state index in [-0.39, 0.29) is 11.9 Å². The van der Waals surface area contributed by atoms with Crippen molar-refractivity contribution in [1.29, 1.82) is 0 Å². The first kappa shape index (κ1) is 13.6. The van der Waals surface area contributed by atoms with Crippen molar-refractivity contribution in [2.45, 2.75) is 31.3 Å². The van der Waals surface area contributed by atoms with E-state index in [1.165, 1.54) is 5.56 Å². The number of benzene rings is 1. The van der Waals surface area contributed by atoms with Gasteiger partial charge in [-0.3, -0.25) is 4.79 Å². The molecule has 2 unspecified atom stereocenters. The smallest absolute Gasteiger partial charge is 0.242 e. The summed E-state index contributed by atoms with van der Waals surface area (Å²) in [4.78, 5) is 14.6. The van der Waals surface area contributed by atoms with Crippen LogP contribution in [0.4, 0.5) is 0 Å². The molecule has 4 heteroatoms. The number of hydrogen-bond donors (Lipinski definition) is 1. The van der Waals surface area contributed by atoms with Crippen LogP contribution in [0.1, 0.15) is 18.4 Å². The zero-order valence-electron chi connectivity index (χ0n) is 11.8. The Morgan fingerprint density at radius 1 is 1.35 bits per heavy atom. The lowest BCUT2D eigenvalue weighted by Crippen LogP contribution is -2.53. The predicted molar refractivity (Wildman–Crippen MR) is 77.5 cm³/mol. The molecule has 0 aliphatic carbocycles. The van der Waals surface area contributed by atoms with E-state index in [9.17, 15) is 4.79 Å². The molecule has 2 aliphatic heterocycles. The molecule has 0 spiro atoms. The number of hydrogen-bond acceptors (Lipinski definition) is 3. The maximum atomic E-state index is 12.6. The summed E-state index contributed by atoms with van der Waals surface area (Å²) >= 11 is 0. The number of likely N-dealkylation sites (tertiary alicyclic amines) is 1. The van der Waals surface area contributed by atoms with Crippen molar-refractivity contribution in [2.75, 3.05) is 26.3 Å². The molecule has 1 aromatic rings. The second kappa shape index (κ2) is 6.37. The fourth-order valence-electron chi connectivity index (χ4n) is 3.15. The molecule has 0 aromatic heterocycles. The van der Waals surface area contributed by atoms with E-state index in [0.29, 0.717) is 19.3 Å². The van der Waals surface area contributed by atoms with Gasteiger partial charge in [-0.05, 0) is 24.8 Å². The SMILES string of the molecule is O=C(C1COCCN1)N1CCCC1Cc1ccccc1. The molecule has 0 bridgehead atoms. The number of ether oxygens (including phenoxy) is 1. The van der Waals surface area contributed by atoms with Gasteiger partial charge in [0.1, 0.15) is 6.04 Å². The van der Waals surface area contributed by atoms with E-state index < -0.39 is 0 Å². The summed E-state index contributed by atoms with van der Waals surface area (Å²) in [5, 5.41) is 3.26. The molecule has 0 saturated carbocycles. The van der Waals surface area contributed by atoms with Gasteiger partial charge in [0.15, 0.2) is 0 Å². The Balaban J connectivity index is 1.64. The topological polar surface area (TPSA) is 41.6 Å². The van der Waals surface area contributed by atoms with Crippen LogP contribution in [0.2, 0.25) is 0 Å². The summed E-state index contributed by atoms with van der Waals surface area (Å²) in [6, 6.07) is 10.6. The van der Waals surface area contributed by atoms with E-state index in [4.69, 9.17) is 4.74 Å². The molecule has 2 saturated heterocycles. The van der Waals surface area contributed by atoms with Gasteiger partial charge in [0.05, 0.1) is 13.2 Å². The summed E-state index contributed by atoms with van der Waals surface area (Å²) in [5.41, 5.74) is 1.31. The highest BCUT2D eigenvalue weighted by atomic mass is 16.5. The van der Waals surface area contributed by atoms with Crippen LogP contribution in [0.5, 0.6) is 0 Å². The Labute approximate surface area is 120 Å². The third-order valence-electron chi connectivity index (χ3n) is 4.19. The largest absolute Gasteiger partial charge is 0.378 e. The Morgan fingerprint density at radius 3 is 2.95 bits per heavy atom. The van der Waals surface area contributed by atoms with Gasteiger partial charge in [-0.25, -0.2) is 0 Å². The van der Waals surface area contributed by atoms with Crippen LogP contribution < -0.4 is 5.32 Å². The minimum atomic E-state index is -0.153. The second-order valence-electron chi connectivity index (χ2n) is 5.60. The lowest BCUT2D eigenvalue weighted by Gasteiger charge is -2.31. The predicted octanol–water partition coefficient (Wildman–Crippen LogP) is 1.21. The summed E-state index contributed by atoms with van der Waals surface area (Å²) in [7, 11) is 0. The normalized spacial score (nSPS) is 26.7. The van der Waals surface area contributed by atoms with Crippen molar-refractivity contribution in [1.82, 2.24) is 10.2 Å². The maximum Gasteiger partial charge on any atom is 0.242 e. The van der Waals surface area contributed by atoms with Gasteiger partial charge < -0.3 is 15.0 Å². The number of carbonyl (C=O) groups is 1. The van der Waals surface area contributed by atoms with E-state index >= 15 is 0 Å². The first-order chi connectivity index (χ1) is 9.84. The molecule has 1 N–H and O–H groups in total. The molecule has 1 aromatic carbocycles. The fourth-order valence-corrected chi connectivity index (χ4v) is 3.15. The van der Waals surface area contributed by atoms with Crippen molar-refractivity contribution in [3.8, 4) is 0 Å². The molecule has 1 amide bonds. The van der Waals surface area contributed by atoms with Crippen molar-refractivity contribution in [2.24, 2.45) is 0 Å². The lowest BCUT2D eigenvalue weighted by atomic mass is 10.0. The minimum absolute atomic E-state index is 0.153. The molecule has 20 heavy (non-hydrogen) atoms. The van der Waals surface area contributed by atoms with Crippen LogP contribution in [0, 0.1) is 0 Å². The highest BCUT2D eigenvalue weighted by molar-refractivity contribution is 5.82. The third-order valence-corrected chi connectivity index (χ3v) is 4.19. The van der Waals surface area contributed by atoms with Gasteiger partial charge in [-0.1, -0.05) is 30.3 Å². The van der Waals surface area contributed by atoms with Gasteiger partial charge in [-0.2, -0.15) is 0 Å². The van der Waals surface area contributed by atoms with Crippen LogP contribution >= 0.6 is 0 Å². The zero-order valence-corrected chi connectivity index (χ0v) is 11.8. The monoisotopic (exact) mass is 274 g/mol. The van der Waals surface area contributed by atoms with E-state index in [1.54, 1.807) is 0 Å². The summed E-state index contributed by atoms with van der Waals surface area (Å²) in [5.74, 6) is 0.211. The van der Waals surface area contributed by atoms with Crippen LogP contribution in [0.15, 0.2) is 30.3 Å². The first-order valence-corrected chi connectivity index (χ1v) is 7.50. The maximum absolute atomic E-state index is 12.6. The average Bonchev–Trinajstić information content (AvgIpc) is 2.96. The molecule has 0 radical (unpaired) electrons.